The molecule has 3 heterocycles. The molecule has 0 saturated heterocycles. The summed E-state index contributed by atoms with van der Waals surface area (Å²) in [7, 11) is 0. The van der Waals surface area contributed by atoms with Gasteiger partial charge in [-0.2, -0.15) is 0 Å². The topological polar surface area (TPSA) is 27.7 Å². The molecule has 49 heavy (non-hydrogen) atoms. The van der Waals surface area contributed by atoms with Gasteiger partial charge in [0.15, 0.2) is 5.65 Å². The van der Waals surface area contributed by atoms with Gasteiger partial charge in [-0.1, -0.05) is 133 Å². The Morgan fingerprint density at radius 1 is 0.306 bits per heavy atom. The van der Waals surface area contributed by atoms with E-state index < -0.39 is 0 Å². The van der Waals surface area contributed by atoms with Crippen molar-refractivity contribution in [3.05, 3.63) is 182 Å². The zero-order valence-electron chi connectivity index (χ0n) is 26.6. The molecule has 3 aromatic heterocycles. The van der Waals surface area contributed by atoms with Gasteiger partial charge in [0.1, 0.15) is 11.3 Å². The van der Waals surface area contributed by atoms with Crippen LogP contribution in [0.15, 0.2) is 182 Å². The van der Waals surface area contributed by atoms with Crippen LogP contribution in [0.5, 0.6) is 0 Å². The van der Waals surface area contributed by atoms with Gasteiger partial charge >= 0.3 is 0 Å². The summed E-state index contributed by atoms with van der Waals surface area (Å²) in [5.74, 6) is 0.917. The molecule has 4 nitrogen and oxygen atoms in total. The average molecular weight is 627 g/mol. The van der Waals surface area contributed by atoms with Gasteiger partial charge in [0, 0.05) is 38.8 Å². The van der Waals surface area contributed by atoms with Crippen molar-refractivity contribution in [3.8, 4) is 39.6 Å². The lowest BCUT2D eigenvalue weighted by atomic mass is 10.1. The molecular weight excluding hydrogens is 597 g/mol. The van der Waals surface area contributed by atoms with Crippen LogP contribution < -0.4 is 0 Å². The molecule has 0 spiro atoms. The molecule has 10 aromatic rings. The molecule has 230 valence electrons. The van der Waals surface area contributed by atoms with Crippen molar-refractivity contribution in [3.63, 3.8) is 0 Å². The number of hydrogen-bond acceptors (Lipinski definition) is 1. The van der Waals surface area contributed by atoms with Gasteiger partial charge in [0.05, 0.1) is 16.6 Å². The van der Waals surface area contributed by atoms with Crippen molar-refractivity contribution < 1.29 is 0 Å². The number of imidazole rings is 1. The third-order valence-electron chi connectivity index (χ3n) is 9.65. The molecule has 0 N–H and O–H groups in total. The summed E-state index contributed by atoms with van der Waals surface area (Å²) in [6, 6.07) is 64.6. The third kappa shape index (κ3) is 4.21. The maximum Gasteiger partial charge on any atom is 0.165 e. The maximum atomic E-state index is 5.50. The smallest absolute Gasteiger partial charge is 0.165 e. The molecule has 0 amide bonds. The van der Waals surface area contributed by atoms with Crippen LogP contribution in [0.3, 0.4) is 0 Å². The van der Waals surface area contributed by atoms with Crippen LogP contribution >= 0.6 is 0 Å². The zero-order chi connectivity index (χ0) is 32.3. The van der Waals surface area contributed by atoms with Gasteiger partial charge in [-0.25, -0.2) is 4.98 Å². The second-order valence-electron chi connectivity index (χ2n) is 12.4. The fourth-order valence-corrected chi connectivity index (χ4v) is 7.51. The van der Waals surface area contributed by atoms with Crippen molar-refractivity contribution in [2.24, 2.45) is 0 Å². The van der Waals surface area contributed by atoms with Crippen molar-refractivity contribution >= 4 is 43.9 Å². The molecule has 0 atom stereocenters. The standard InChI is InChI=1S/C45H30N4/c1-5-15-31(16-6-1)32-25-27-36(28-26-32)47-40-24-14-13-23-37(40)38-29-30-39-42(41(38)47)48(34-19-9-3-10-20-34)45-43(39)49(35-21-11-4-12-22-35)44(46-45)33-17-7-2-8-18-33/h1-30H. The lowest BCUT2D eigenvalue weighted by molar-refractivity contribution is 1.09. The van der Waals surface area contributed by atoms with E-state index in [1.54, 1.807) is 0 Å². The number of benzene rings is 7. The predicted octanol–water partition coefficient (Wildman–Crippen LogP) is 11.4. The zero-order valence-corrected chi connectivity index (χ0v) is 26.6. The fraction of sp³-hybridized carbons (Fsp3) is 0. The van der Waals surface area contributed by atoms with Crippen LogP contribution in [0.25, 0.3) is 83.4 Å². The molecule has 0 aliphatic heterocycles. The Morgan fingerprint density at radius 2 is 0.796 bits per heavy atom. The summed E-state index contributed by atoms with van der Waals surface area (Å²) in [5.41, 5.74) is 12.2. The molecule has 10 rings (SSSR count). The minimum Gasteiger partial charge on any atom is -0.307 e. The van der Waals surface area contributed by atoms with Crippen LogP contribution in [0.1, 0.15) is 0 Å². The Morgan fingerprint density at radius 3 is 1.47 bits per heavy atom. The Hall–Kier alpha value is -6.65. The Kier molecular flexibility index (Phi) is 6.15. The molecule has 0 unspecified atom stereocenters. The molecule has 0 fully saturated rings. The first-order chi connectivity index (χ1) is 24.3. The van der Waals surface area contributed by atoms with Crippen LogP contribution in [-0.4, -0.2) is 18.7 Å². The van der Waals surface area contributed by atoms with Gasteiger partial charge in [-0.15, -0.1) is 0 Å². The second kappa shape index (κ2) is 11.0. The van der Waals surface area contributed by atoms with E-state index in [0.717, 1.165) is 56.0 Å². The minimum atomic E-state index is 0.917. The number of aromatic nitrogens is 4. The molecule has 0 saturated carbocycles. The molecule has 0 aliphatic rings. The summed E-state index contributed by atoms with van der Waals surface area (Å²) in [6.07, 6.45) is 0. The van der Waals surface area contributed by atoms with E-state index in [4.69, 9.17) is 4.98 Å². The Bertz CT molecular complexity index is 2770. The second-order valence-corrected chi connectivity index (χ2v) is 12.4. The Balaban J connectivity index is 1.37. The van der Waals surface area contributed by atoms with Gasteiger partial charge in [0.2, 0.25) is 0 Å². The van der Waals surface area contributed by atoms with E-state index in [2.05, 4.69) is 196 Å². The van der Waals surface area contributed by atoms with E-state index in [1.165, 1.54) is 27.4 Å². The lowest BCUT2D eigenvalue weighted by Crippen LogP contribution is -2.00. The largest absolute Gasteiger partial charge is 0.307 e. The highest BCUT2D eigenvalue weighted by molar-refractivity contribution is 6.23. The number of fused-ring (bicyclic) bond motifs is 7. The first kappa shape index (κ1) is 27.5. The first-order valence-corrected chi connectivity index (χ1v) is 16.7. The van der Waals surface area contributed by atoms with Crippen LogP contribution in [-0.2, 0) is 0 Å². The maximum absolute atomic E-state index is 5.50. The molecule has 0 bridgehead atoms. The van der Waals surface area contributed by atoms with E-state index >= 15 is 0 Å². The number of para-hydroxylation sites is 3. The van der Waals surface area contributed by atoms with Crippen LogP contribution in [0.2, 0.25) is 0 Å². The van der Waals surface area contributed by atoms with Crippen molar-refractivity contribution in [2.45, 2.75) is 0 Å². The third-order valence-corrected chi connectivity index (χ3v) is 9.65. The fourth-order valence-electron chi connectivity index (χ4n) is 7.51. The Labute approximate surface area is 283 Å². The predicted molar refractivity (Wildman–Crippen MR) is 203 cm³/mol. The number of hydrogen-bond donors (Lipinski definition) is 0. The highest BCUT2D eigenvalue weighted by Gasteiger charge is 2.26. The summed E-state index contributed by atoms with van der Waals surface area (Å²) < 4.78 is 7.14. The van der Waals surface area contributed by atoms with Gasteiger partial charge in [-0.3, -0.25) is 9.13 Å². The van der Waals surface area contributed by atoms with Crippen LogP contribution in [0, 0.1) is 0 Å². The summed E-state index contributed by atoms with van der Waals surface area (Å²) in [4.78, 5) is 5.50. The molecule has 7 aromatic carbocycles. The lowest BCUT2D eigenvalue weighted by Gasteiger charge is -2.13. The van der Waals surface area contributed by atoms with Gasteiger partial charge in [-0.05, 0) is 59.7 Å². The number of nitrogens with zero attached hydrogens (tertiary/aromatic N) is 4. The SMILES string of the molecule is c1ccc(-c2ccc(-n3c4ccccc4c4ccc5c6c(nc(-c7ccccc7)n6-c6ccccc6)n(-c6ccccc6)c5c43)cc2)cc1. The van der Waals surface area contributed by atoms with E-state index in [9.17, 15) is 0 Å². The highest BCUT2D eigenvalue weighted by atomic mass is 15.2. The molecule has 0 radical (unpaired) electrons. The molecular formula is C45H30N4. The average Bonchev–Trinajstić information content (AvgIpc) is 3.83. The van der Waals surface area contributed by atoms with Crippen molar-refractivity contribution in [2.75, 3.05) is 0 Å². The molecule has 0 aliphatic carbocycles. The quantitative estimate of drug-likeness (QED) is 0.187. The summed E-state index contributed by atoms with van der Waals surface area (Å²) in [5, 5.41) is 3.58. The monoisotopic (exact) mass is 626 g/mol. The molecule has 4 heteroatoms. The minimum absolute atomic E-state index is 0.917. The van der Waals surface area contributed by atoms with Crippen molar-refractivity contribution in [1.82, 2.24) is 18.7 Å². The van der Waals surface area contributed by atoms with Crippen molar-refractivity contribution in [1.29, 1.82) is 0 Å². The van der Waals surface area contributed by atoms with E-state index in [1.807, 2.05) is 0 Å². The summed E-state index contributed by atoms with van der Waals surface area (Å²) in [6.45, 7) is 0. The van der Waals surface area contributed by atoms with E-state index in [-0.39, 0.29) is 0 Å². The summed E-state index contributed by atoms with van der Waals surface area (Å²) >= 11 is 0. The number of rotatable bonds is 5. The van der Waals surface area contributed by atoms with E-state index in [0.29, 0.717) is 0 Å². The first-order valence-electron chi connectivity index (χ1n) is 16.7. The highest BCUT2D eigenvalue weighted by Crippen LogP contribution is 2.43. The van der Waals surface area contributed by atoms with Gasteiger partial charge < -0.3 is 4.57 Å². The van der Waals surface area contributed by atoms with Crippen LogP contribution in [0.4, 0.5) is 0 Å². The van der Waals surface area contributed by atoms with Gasteiger partial charge in [0.25, 0.3) is 0 Å². The normalized spacial score (nSPS) is 11.7.